The van der Waals surface area contributed by atoms with E-state index in [1.807, 2.05) is 41.5 Å². The van der Waals surface area contributed by atoms with Gasteiger partial charge in [0.05, 0.1) is 5.92 Å². The van der Waals surface area contributed by atoms with Crippen molar-refractivity contribution >= 4 is 11.9 Å². The van der Waals surface area contributed by atoms with Gasteiger partial charge in [-0.1, -0.05) is 20.8 Å². The highest BCUT2D eigenvalue weighted by atomic mass is 16.4. The summed E-state index contributed by atoms with van der Waals surface area (Å²) in [6.45, 7) is 12.9. The van der Waals surface area contributed by atoms with Gasteiger partial charge in [-0.2, -0.15) is 0 Å². The number of carboxylic acids is 1. The van der Waals surface area contributed by atoms with Crippen molar-refractivity contribution in [1.29, 1.82) is 0 Å². The zero-order valence-electron chi connectivity index (χ0n) is 13.7. The first kappa shape index (κ1) is 18.9. The van der Waals surface area contributed by atoms with E-state index >= 15 is 0 Å². The summed E-state index contributed by atoms with van der Waals surface area (Å²) in [6, 6.07) is 0. The summed E-state index contributed by atoms with van der Waals surface area (Å²) in [4.78, 5) is 22.8. The number of nitrogens with one attached hydrogen (secondary N) is 2. The van der Waals surface area contributed by atoms with Crippen LogP contribution in [-0.4, -0.2) is 35.6 Å². The van der Waals surface area contributed by atoms with E-state index in [1.54, 1.807) is 0 Å². The molecule has 0 aliphatic heterocycles. The lowest BCUT2D eigenvalue weighted by Gasteiger charge is -2.23. The lowest BCUT2D eigenvalue weighted by Crippen LogP contribution is -2.40. The number of hydrogen-bond acceptors (Lipinski definition) is 3. The second-order valence-corrected chi connectivity index (χ2v) is 7.53. The van der Waals surface area contributed by atoms with Crippen LogP contribution in [0.5, 0.6) is 0 Å². The maximum absolute atomic E-state index is 11.7. The molecule has 0 aromatic carbocycles. The maximum atomic E-state index is 11.7. The molecule has 0 aliphatic rings. The minimum atomic E-state index is -0.854. The molecule has 0 aromatic rings. The van der Waals surface area contributed by atoms with Crippen LogP contribution in [-0.2, 0) is 9.59 Å². The van der Waals surface area contributed by atoms with Gasteiger partial charge < -0.3 is 15.7 Å². The molecule has 1 unspecified atom stereocenters. The summed E-state index contributed by atoms with van der Waals surface area (Å²) >= 11 is 0. The highest BCUT2D eigenvalue weighted by molar-refractivity contribution is 5.77. The summed E-state index contributed by atoms with van der Waals surface area (Å²) in [5.41, 5.74) is -0.0856. The second-order valence-electron chi connectivity index (χ2n) is 7.53. The fourth-order valence-corrected chi connectivity index (χ4v) is 1.86. The van der Waals surface area contributed by atoms with Crippen molar-refractivity contribution in [3.8, 4) is 0 Å². The van der Waals surface area contributed by atoms with Gasteiger partial charge in [-0.25, -0.2) is 0 Å². The molecule has 0 radical (unpaired) electrons. The first-order valence-corrected chi connectivity index (χ1v) is 7.15. The van der Waals surface area contributed by atoms with Crippen molar-refractivity contribution in [3.63, 3.8) is 0 Å². The average Bonchev–Trinajstić information content (AvgIpc) is 2.20. The van der Waals surface area contributed by atoms with Crippen LogP contribution in [0.3, 0.4) is 0 Å². The second kappa shape index (κ2) is 7.62. The van der Waals surface area contributed by atoms with E-state index in [0.717, 1.165) is 0 Å². The molecule has 20 heavy (non-hydrogen) atoms. The third-order valence-corrected chi connectivity index (χ3v) is 2.76. The third-order valence-electron chi connectivity index (χ3n) is 2.76. The van der Waals surface area contributed by atoms with Crippen molar-refractivity contribution < 1.29 is 14.7 Å². The molecular weight excluding hydrogens is 256 g/mol. The Balaban J connectivity index is 4.10. The van der Waals surface area contributed by atoms with Crippen LogP contribution >= 0.6 is 0 Å². The van der Waals surface area contributed by atoms with Crippen molar-refractivity contribution in [1.82, 2.24) is 10.6 Å². The number of hydrogen-bond donors (Lipinski definition) is 3. The van der Waals surface area contributed by atoms with Crippen LogP contribution in [0, 0.1) is 11.3 Å². The van der Waals surface area contributed by atoms with Crippen molar-refractivity contribution in [2.75, 3.05) is 13.1 Å². The van der Waals surface area contributed by atoms with E-state index in [1.165, 1.54) is 0 Å². The maximum Gasteiger partial charge on any atom is 0.308 e. The van der Waals surface area contributed by atoms with Gasteiger partial charge in [-0.3, -0.25) is 9.59 Å². The Hall–Kier alpha value is -1.10. The number of aliphatic carboxylic acids is 1. The van der Waals surface area contributed by atoms with Gasteiger partial charge in [0.15, 0.2) is 0 Å². The molecule has 0 saturated carbocycles. The van der Waals surface area contributed by atoms with E-state index in [-0.39, 0.29) is 23.4 Å². The molecule has 0 fully saturated rings. The Labute approximate surface area is 122 Å². The molecule has 0 aromatic heterocycles. The molecule has 118 valence electrons. The first-order chi connectivity index (χ1) is 8.91. The first-order valence-electron chi connectivity index (χ1n) is 7.15. The van der Waals surface area contributed by atoms with E-state index in [4.69, 9.17) is 5.11 Å². The summed E-state index contributed by atoms with van der Waals surface area (Å²) in [6.07, 6.45) is 0.905. The molecule has 0 heterocycles. The van der Waals surface area contributed by atoms with Gasteiger partial charge in [0.1, 0.15) is 0 Å². The Morgan fingerprint density at radius 3 is 2.05 bits per heavy atom. The Morgan fingerprint density at radius 1 is 1.10 bits per heavy atom. The van der Waals surface area contributed by atoms with Gasteiger partial charge >= 0.3 is 5.97 Å². The number of amides is 1. The fraction of sp³-hybridized carbons (Fsp3) is 0.867. The highest BCUT2D eigenvalue weighted by Gasteiger charge is 2.24. The molecule has 0 aliphatic carbocycles. The van der Waals surface area contributed by atoms with Crippen LogP contribution in [0.25, 0.3) is 0 Å². The van der Waals surface area contributed by atoms with E-state index in [2.05, 4.69) is 10.6 Å². The Bertz CT molecular complexity index is 327. The molecule has 0 spiro atoms. The minimum absolute atomic E-state index is 0.0177. The highest BCUT2D eigenvalue weighted by Crippen LogP contribution is 2.24. The topological polar surface area (TPSA) is 78.4 Å². The fourth-order valence-electron chi connectivity index (χ4n) is 1.86. The zero-order chi connectivity index (χ0) is 16.0. The molecule has 1 amide bonds. The lowest BCUT2D eigenvalue weighted by atomic mass is 9.84. The molecular formula is C15H30N2O3. The van der Waals surface area contributed by atoms with E-state index in [0.29, 0.717) is 19.4 Å². The quantitative estimate of drug-likeness (QED) is 0.669. The number of rotatable bonds is 7. The van der Waals surface area contributed by atoms with Crippen LogP contribution in [0.2, 0.25) is 0 Å². The van der Waals surface area contributed by atoms with E-state index in [9.17, 15) is 9.59 Å². The van der Waals surface area contributed by atoms with Crippen LogP contribution in [0.15, 0.2) is 0 Å². The Kier molecular flexibility index (Phi) is 7.20. The Morgan fingerprint density at radius 2 is 1.65 bits per heavy atom. The summed E-state index contributed by atoms with van der Waals surface area (Å²) in [7, 11) is 0. The summed E-state index contributed by atoms with van der Waals surface area (Å²) in [5, 5.41) is 15.1. The van der Waals surface area contributed by atoms with E-state index < -0.39 is 11.9 Å². The third kappa shape index (κ3) is 10.8. The zero-order valence-corrected chi connectivity index (χ0v) is 13.7. The minimum Gasteiger partial charge on any atom is -0.481 e. The van der Waals surface area contributed by atoms with Crippen molar-refractivity contribution in [2.24, 2.45) is 11.3 Å². The number of carbonyl (C=O) groups is 2. The normalized spacial score (nSPS) is 13.9. The van der Waals surface area contributed by atoms with Crippen molar-refractivity contribution in [2.45, 2.75) is 59.9 Å². The lowest BCUT2D eigenvalue weighted by molar-refractivity contribution is -0.142. The smallest absolute Gasteiger partial charge is 0.308 e. The SMILES string of the molecule is CC(C)(C)CC(CNC(=O)CCNC(C)(C)C)C(=O)O. The average molecular weight is 286 g/mol. The standard InChI is InChI=1S/C15H30N2O3/c1-14(2,3)9-11(13(19)20)10-16-12(18)7-8-17-15(4,5)6/h11,17H,7-10H2,1-6H3,(H,16,18)(H,19,20). The van der Waals surface area contributed by atoms with Crippen LogP contribution in [0.4, 0.5) is 0 Å². The van der Waals surface area contributed by atoms with Gasteiger partial charge in [-0.15, -0.1) is 0 Å². The predicted octanol–water partition coefficient (Wildman–Crippen LogP) is 2.02. The number of carboxylic acid groups (broad SMARTS) is 1. The molecule has 3 N–H and O–H groups in total. The molecule has 0 rings (SSSR count). The van der Waals surface area contributed by atoms with Gasteiger partial charge in [0, 0.05) is 25.0 Å². The summed E-state index contributed by atoms with van der Waals surface area (Å²) < 4.78 is 0. The van der Waals surface area contributed by atoms with Crippen LogP contribution < -0.4 is 10.6 Å². The van der Waals surface area contributed by atoms with Gasteiger partial charge in [0.2, 0.25) is 5.91 Å². The summed E-state index contributed by atoms with van der Waals surface area (Å²) in [5.74, 6) is -1.50. The van der Waals surface area contributed by atoms with Gasteiger partial charge in [0.25, 0.3) is 0 Å². The number of carbonyl (C=O) groups excluding carboxylic acids is 1. The van der Waals surface area contributed by atoms with Gasteiger partial charge in [-0.05, 0) is 32.6 Å². The monoisotopic (exact) mass is 286 g/mol. The van der Waals surface area contributed by atoms with Crippen LogP contribution in [0.1, 0.15) is 54.4 Å². The molecule has 0 bridgehead atoms. The predicted molar refractivity (Wildman–Crippen MR) is 80.6 cm³/mol. The van der Waals surface area contributed by atoms with Crippen molar-refractivity contribution in [3.05, 3.63) is 0 Å². The molecule has 1 atom stereocenters. The largest absolute Gasteiger partial charge is 0.481 e. The molecule has 5 heteroatoms. The molecule has 0 saturated heterocycles. The molecule has 5 nitrogen and oxygen atoms in total.